The number of ether oxygens (including phenoxy) is 2. The molecule has 2 heterocycles. The van der Waals surface area contributed by atoms with Gasteiger partial charge in [-0.15, -0.1) is 0 Å². The van der Waals surface area contributed by atoms with Crippen LogP contribution in [0.25, 0.3) is 11.1 Å². The van der Waals surface area contributed by atoms with Crippen molar-refractivity contribution in [2.24, 2.45) is 5.92 Å². The summed E-state index contributed by atoms with van der Waals surface area (Å²) in [7, 11) is 0. The Kier molecular flexibility index (Phi) is 7.13. The minimum absolute atomic E-state index is 0.0882. The fraction of sp³-hybridized carbons (Fsp3) is 0.333. The van der Waals surface area contributed by atoms with E-state index < -0.39 is 6.10 Å². The Morgan fingerprint density at radius 3 is 2.56 bits per heavy atom. The lowest BCUT2D eigenvalue weighted by atomic mass is 9.86. The van der Waals surface area contributed by atoms with Gasteiger partial charge >= 0.3 is 0 Å². The maximum Gasteiger partial charge on any atom is 0.150 e. The van der Waals surface area contributed by atoms with Crippen molar-refractivity contribution in [3.8, 4) is 23.0 Å². The molecule has 5 nitrogen and oxygen atoms in total. The van der Waals surface area contributed by atoms with Crippen LogP contribution < -0.4 is 9.47 Å². The number of fused-ring (bicyclic) bond motifs is 1. The topological polar surface area (TPSA) is 62.2 Å². The van der Waals surface area contributed by atoms with E-state index in [0.717, 1.165) is 52.6 Å². The summed E-state index contributed by atoms with van der Waals surface area (Å²) in [5.74, 6) is 2.60. The second-order valence-electron chi connectivity index (χ2n) is 9.70. The predicted octanol–water partition coefficient (Wildman–Crippen LogP) is 6.93. The normalized spacial score (nSPS) is 19.8. The van der Waals surface area contributed by atoms with Crippen LogP contribution in [0.2, 0.25) is 5.02 Å². The van der Waals surface area contributed by atoms with Crippen LogP contribution in [-0.4, -0.2) is 41.4 Å². The van der Waals surface area contributed by atoms with Crippen molar-refractivity contribution in [1.82, 2.24) is 4.90 Å². The number of allylic oxidation sites excluding steroid dienone is 1. The van der Waals surface area contributed by atoms with Crippen LogP contribution in [0.5, 0.6) is 23.0 Å². The average molecular weight is 506 g/mol. The van der Waals surface area contributed by atoms with Crippen molar-refractivity contribution in [1.29, 1.82) is 0 Å². The van der Waals surface area contributed by atoms with E-state index in [4.69, 9.17) is 21.1 Å². The minimum atomic E-state index is -0.412. The van der Waals surface area contributed by atoms with Gasteiger partial charge in [0.15, 0.2) is 0 Å². The van der Waals surface area contributed by atoms with E-state index >= 15 is 0 Å². The maximum atomic E-state index is 10.2. The Balaban J connectivity index is 1.39. The van der Waals surface area contributed by atoms with Gasteiger partial charge in [0.25, 0.3) is 0 Å². The fourth-order valence-corrected chi connectivity index (χ4v) is 5.48. The summed E-state index contributed by atoms with van der Waals surface area (Å²) in [6.07, 6.45) is 2.12. The molecule has 3 aromatic carbocycles. The third-order valence-electron chi connectivity index (χ3n) is 7.28. The van der Waals surface area contributed by atoms with Gasteiger partial charge in [-0.1, -0.05) is 37.1 Å². The van der Waals surface area contributed by atoms with Crippen LogP contribution in [0, 0.1) is 5.92 Å². The fourth-order valence-electron chi connectivity index (χ4n) is 5.25. The molecule has 0 bridgehead atoms. The molecule has 36 heavy (non-hydrogen) atoms. The van der Waals surface area contributed by atoms with E-state index in [9.17, 15) is 10.2 Å². The molecule has 1 saturated heterocycles. The first-order valence-electron chi connectivity index (χ1n) is 12.6. The van der Waals surface area contributed by atoms with Crippen LogP contribution in [0.4, 0.5) is 0 Å². The molecule has 2 aliphatic heterocycles. The number of halogens is 1. The first kappa shape index (κ1) is 24.5. The lowest BCUT2D eigenvalue weighted by Crippen LogP contribution is -2.26. The number of hydrogen-bond acceptors (Lipinski definition) is 5. The van der Waals surface area contributed by atoms with Gasteiger partial charge in [0, 0.05) is 29.2 Å². The van der Waals surface area contributed by atoms with Crippen molar-refractivity contribution in [2.45, 2.75) is 32.8 Å². The van der Waals surface area contributed by atoms with Crippen molar-refractivity contribution in [2.75, 3.05) is 26.2 Å². The van der Waals surface area contributed by atoms with Crippen LogP contribution in [0.1, 0.15) is 49.5 Å². The number of nitrogens with zero attached hydrogens (tertiary/aromatic N) is 1. The quantitative estimate of drug-likeness (QED) is 0.364. The Morgan fingerprint density at radius 1 is 1.03 bits per heavy atom. The molecule has 0 spiro atoms. The molecule has 5 rings (SSSR count). The van der Waals surface area contributed by atoms with Crippen molar-refractivity contribution in [3.05, 3.63) is 82.4 Å². The monoisotopic (exact) mass is 505 g/mol. The van der Waals surface area contributed by atoms with Crippen LogP contribution in [0.15, 0.2) is 60.7 Å². The lowest BCUT2D eigenvalue weighted by molar-refractivity contribution is 0.232. The standard InChI is InChI=1S/C30H32ClNO4/c1-3-20-10-11-32(18-20)12-13-35-26-7-4-21(5-8-26)30-29(22-14-23(31)16-25(34)15-22)19(2)27-17-24(33)6-9-28(27)36-30/h4-9,14-17,20,30,33-34H,3,10-13,18H2,1-2H3/t20-,30?/m1/s1. The smallest absolute Gasteiger partial charge is 0.150 e. The molecule has 0 aliphatic carbocycles. The van der Waals surface area contributed by atoms with Crippen LogP contribution in [-0.2, 0) is 0 Å². The summed E-state index contributed by atoms with van der Waals surface area (Å²) in [5, 5.41) is 20.7. The highest BCUT2D eigenvalue weighted by atomic mass is 35.5. The molecule has 0 radical (unpaired) electrons. The summed E-state index contributed by atoms with van der Waals surface area (Å²) in [6.45, 7) is 8.20. The van der Waals surface area contributed by atoms with Crippen molar-refractivity contribution < 1.29 is 19.7 Å². The number of benzene rings is 3. The molecule has 3 aromatic rings. The van der Waals surface area contributed by atoms with Gasteiger partial charge in [-0.25, -0.2) is 0 Å². The minimum Gasteiger partial charge on any atom is -0.508 e. The Hall–Kier alpha value is -3.15. The van der Waals surface area contributed by atoms with E-state index in [0.29, 0.717) is 17.4 Å². The van der Waals surface area contributed by atoms with Gasteiger partial charge in [-0.05, 0) is 91.0 Å². The van der Waals surface area contributed by atoms with Gasteiger partial charge in [0.2, 0.25) is 0 Å². The van der Waals surface area contributed by atoms with E-state index in [-0.39, 0.29) is 11.5 Å². The van der Waals surface area contributed by atoms with E-state index in [1.807, 2.05) is 37.3 Å². The largest absolute Gasteiger partial charge is 0.508 e. The second-order valence-corrected chi connectivity index (χ2v) is 10.1. The summed E-state index contributed by atoms with van der Waals surface area (Å²) >= 11 is 6.29. The Morgan fingerprint density at radius 2 is 1.83 bits per heavy atom. The molecule has 6 heteroatoms. The van der Waals surface area contributed by atoms with Gasteiger partial charge in [-0.2, -0.15) is 0 Å². The number of phenolic OH excluding ortho intramolecular Hbond substituents is 2. The highest BCUT2D eigenvalue weighted by Crippen LogP contribution is 2.48. The van der Waals surface area contributed by atoms with Gasteiger partial charge in [0.1, 0.15) is 35.7 Å². The Bertz CT molecular complexity index is 1250. The number of likely N-dealkylation sites (tertiary alicyclic amines) is 1. The average Bonchev–Trinajstić information content (AvgIpc) is 3.32. The molecule has 0 aromatic heterocycles. The summed E-state index contributed by atoms with van der Waals surface area (Å²) in [5.41, 5.74) is 4.38. The molecule has 2 N–H and O–H groups in total. The third kappa shape index (κ3) is 5.18. The summed E-state index contributed by atoms with van der Waals surface area (Å²) in [6, 6.07) is 18.1. The van der Waals surface area contributed by atoms with Crippen LogP contribution >= 0.6 is 11.6 Å². The van der Waals surface area contributed by atoms with Gasteiger partial charge in [0.05, 0.1) is 0 Å². The van der Waals surface area contributed by atoms with E-state index in [1.54, 1.807) is 24.3 Å². The summed E-state index contributed by atoms with van der Waals surface area (Å²) in [4.78, 5) is 2.48. The zero-order chi connectivity index (χ0) is 25.2. The third-order valence-corrected chi connectivity index (χ3v) is 7.50. The van der Waals surface area contributed by atoms with Crippen molar-refractivity contribution in [3.63, 3.8) is 0 Å². The predicted molar refractivity (Wildman–Crippen MR) is 144 cm³/mol. The number of aromatic hydroxyl groups is 2. The zero-order valence-corrected chi connectivity index (χ0v) is 21.5. The van der Waals surface area contributed by atoms with E-state index in [2.05, 4.69) is 11.8 Å². The van der Waals surface area contributed by atoms with Crippen molar-refractivity contribution >= 4 is 22.7 Å². The summed E-state index contributed by atoms with van der Waals surface area (Å²) < 4.78 is 12.5. The molecule has 1 unspecified atom stereocenters. The van der Waals surface area contributed by atoms with E-state index in [1.165, 1.54) is 25.5 Å². The first-order valence-corrected chi connectivity index (χ1v) is 12.9. The highest BCUT2D eigenvalue weighted by molar-refractivity contribution is 6.31. The molecule has 0 saturated carbocycles. The lowest BCUT2D eigenvalue weighted by Gasteiger charge is -2.31. The van der Waals surface area contributed by atoms with Crippen LogP contribution in [0.3, 0.4) is 0 Å². The second kappa shape index (κ2) is 10.5. The number of rotatable bonds is 7. The SMILES string of the molecule is CC[C@@H]1CCN(CCOc2ccc(C3Oc4ccc(O)cc4C(C)=C3c3cc(O)cc(Cl)c3)cc2)C1. The number of hydrogen-bond donors (Lipinski definition) is 2. The molecule has 2 aliphatic rings. The molecule has 2 atom stereocenters. The highest BCUT2D eigenvalue weighted by Gasteiger charge is 2.30. The molecular formula is C30H32ClNO4. The molecular weight excluding hydrogens is 474 g/mol. The Labute approximate surface area is 217 Å². The number of phenols is 2. The molecule has 0 amide bonds. The van der Waals surface area contributed by atoms with Gasteiger partial charge in [-0.3, -0.25) is 4.90 Å². The maximum absolute atomic E-state index is 10.2. The zero-order valence-electron chi connectivity index (χ0n) is 20.7. The molecule has 1 fully saturated rings. The molecule has 188 valence electrons. The first-order chi connectivity index (χ1) is 17.4. The van der Waals surface area contributed by atoms with Gasteiger partial charge < -0.3 is 19.7 Å².